The molecule has 1 amide bonds. The Labute approximate surface area is 213 Å². The number of carbonyl (C=O) groups excluding carboxylic acids is 1. The van der Waals surface area contributed by atoms with Crippen LogP contribution in [0.15, 0.2) is 84.2 Å². The highest BCUT2D eigenvalue weighted by atomic mass is 35.5. The predicted octanol–water partition coefficient (Wildman–Crippen LogP) is 3.81. The average Bonchev–Trinajstić information content (AvgIpc) is 3.32. The molecule has 5 rings (SSSR count). The largest absolute Gasteiger partial charge is 0.332 e. The monoisotopic (exact) mass is 497 g/mol. The third kappa shape index (κ3) is 5.09. The van der Waals surface area contributed by atoms with Gasteiger partial charge in [-0.15, -0.1) is 0 Å². The highest BCUT2D eigenvalue weighted by Crippen LogP contribution is 2.25. The number of imidazole rings is 1. The molecule has 7 nitrogen and oxygen atoms in total. The summed E-state index contributed by atoms with van der Waals surface area (Å²) in [5.41, 5.74) is 4.81. The Balaban J connectivity index is 1.40. The van der Waals surface area contributed by atoms with Crippen molar-refractivity contribution in [2.75, 3.05) is 0 Å². The molecule has 1 aliphatic rings. The molecule has 1 aliphatic heterocycles. The van der Waals surface area contributed by atoms with Crippen molar-refractivity contribution < 1.29 is 4.79 Å². The molecule has 0 N–H and O–H groups in total. The van der Waals surface area contributed by atoms with Crippen LogP contribution < -0.4 is 5.56 Å². The molecule has 36 heavy (non-hydrogen) atoms. The smallest absolute Gasteiger partial charge is 0.251 e. The summed E-state index contributed by atoms with van der Waals surface area (Å²) in [5.74, 6) is -0.132. The quantitative estimate of drug-likeness (QED) is 0.405. The number of hydrogen-bond acceptors (Lipinski definition) is 4. The predicted molar refractivity (Wildman–Crippen MR) is 136 cm³/mol. The molecular formula is C28H24ClN5O2. The Bertz CT molecular complexity index is 1500. The Morgan fingerprint density at radius 1 is 1.06 bits per heavy atom. The average molecular weight is 498 g/mol. The molecule has 180 valence electrons. The number of amides is 1. The van der Waals surface area contributed by atoms with Gasteiger partial charge in [0.1, 0.15) is 6.54 Å². The van der Waals surface area contributed by atoms with Crippen LogP contribution in [0.1, 0.15) is 27.9 Å². The molecule has 0 bridgehead atoms. The summed E-state index contributed by atoms with van der Waals surface area (Å²) in [6.07, 6.45) is 6.51. The molecule has 0 spiro atoms. The lowest BCUT2D eigenvalue weighted by Crippen LogP contribution is -2.48. The van der Waals surface area contributed by atoms with Gasteiger partial charge in [-0.05, 0) is 41.3 Å². The fourth-order valence-electron chi connectivity index (χ4n) is 4.70. The van der Waals surface area contributed by atoms with E-state index in [1.54, 1.807) is 6.33 Å². The molecule has 3 heterocycles. The van der Waals surface area contributed by atoms with Crippen molar-refractivity contribution >= 4 is 17.5 Å². The second-order valence-electron chi connectivity index (χ2n) is 8.98. The van der Waals surface area contributed by atoms with Gasteiger partial charge in [-0.2, -0.15) is 5.26 Å². The van der Waals surface area contributed by atoms with Gasteiger partial charge in [0.2, 0.25) is 5.91 Å². The standard InChI is InChI=1S/C28H24ClN5O2/c29-24-9-10-27(35)32(16-24)18-28(36)34-15-23-4-2-1-3-22(23)12-26(34)17-33-19-31-14-25(33)11-20-5-7-21(13-30)8-6-20/h1-10,14,16,19,26H,11-12,15,17-18H2/t26-/m1/s1. The maximum absolute atomic E-state index is 13.5. The maximum Gasteiger partial charge on any atom is 0.251 e. The summed E-state index contributed by atoms with van der Waals surface area (Å²) in [6, 6.07) is 20.6. The summed E-state index contributed by atoms with van der Waals surface area (Å²) in [4.78, 5) is 32.0. The Morgan fingerprint density at radius 3 is 2.61 bits per heavy atom. The molecule has 0 unspecified atom stereocenters. The fraction of sp³-hybridized carbons (Fsp3) is 0.214. The molecule has 0 saturated carbocycles. The minimum atomic E-state index is -0.263. The van der Waals surface area contributed by atoms with Crippen LogP contribution in [-0.2, 0) is 37.3 Å². The highest BCUT2D eigenvalue weighted by Gasteiger charge is 2.30. The van der Waals surface area contributed by atoms with Gasteiger partial charge >= 0.3 is 0 Å². The summed E-state index contributed by atoms with van der Waals surface area (Å²) in [5, 5.41) is 9.46. The highest BCUT2D eigenvalue weighted by molar-refractivity contribution is 6.30. The zero-order valence-electron chi connectivity index (χ0n) is 19.5. The third-order valence-corrected chi connectivity index (χ3v) is 6.83. The number of pyridine rings is 1. The summed E-state index contributed by atoms with van der Waals surface area (Å²) in [7, 11) is 0. The van der Waals surface area contributed by atoms with E-state index in [1.807, 2.05) is 53.6 Å². The van der Waals surface area contributed by atoms with Crippen LogP contribution in [0.5, 0.6) is 0 Å². The van der Waals surface area contributed by atoms with E-state index in [0.717, 1.165) is 16.8 Å². The van der Waals surface area contributed by atoms with E-state index < -0.39 is 0 Å². The van der Waals surface area contributed by atoms with Crippen molar-refractivity contribution in [2.24, 2.45) is 0 Å². The number of carbonyl (C=O) groups is 1. The molecule has 1 atom stereocenters. The molecule has 4 aromatic rings. The first-order chi connectivity index (χ1) is 17.5. The van der Waals surface area contributed by atoms with E-state index in [0.29, 0.717) is 36.5 Å². The summed E-state index contributed by atoms with van der Waals surface area (Å²) in [6.45, 7) is 0.991. The van der Waals surface area contributed by atoms with Crippen LogP contribution in [0.3, 0.4) is 0 Å². The molecule has 0 saturated heterocycles. The first kappa shape index (κ1) is 23.6. The molecular weight excluding hydrogens is 474 g/mol. The third-order valence-electron chi connectivity index (χ3n) is 6.60. The summed E-state index contributed by atoms with van der Waals surface area (Å²) >= 11 is 6.07. The molecule has 8 heteroatoms. The second-order valence-corrected chi connectivity index (χ2v) is 9.42. The Hall–Kier alpha value is -4.15. The molecule has 0 radical (unpaired) electrons. The second kappa shape index (κ2) is 10.2. The van der Waals surface area contributed by atoms with E-state index in [-0.39, 0.29) is 24.1 Å². The van der Waals surface area contributed by atoms with E-state index in [9.17, 15) is 9.59 Å². The van der Waals surface area contributed by atoms with Crippen molar-refractivity contribution in [3.05, 3.63) is 123 Å². The number of aromatic nitrogens is 3. The number of nitrogens with zero attached hydrogens (tertiary/aromatic N) is 5. The van der Waals surface area contributed by atoms with Gasteiger partial charge in [-0.25, -0.2) is 4.98 Å². The number of hydrogen-bond donors (Lipinski definition) is 0. The van der Waals surface area contributed by atoms with Gasteiger partial charge in [0, 0.05) is 43.7 Å². The van der Waals surface area contributed by atoms with E-state index in [2.05, 4.69) is 21.7 Å². The van der Waals surface area contributed by atoms with Crippen molar-refractivity contribution in [1.29, 1.82) is 5.26 Å². The van der Waals surface area contributed by atoms with Gasteiger partial charge in [-0.1, -0.05) is 48.0 Å². The van der Waals surface area contributed by atoms with Crippen molar-refractivity contribution in [2.45, 2.75) is 38.5 Å². The first-order valence-corrected chi connectivity index (χ1v) is 12.1. The van der Waals surface area contributed by atoms with Gasteiger partial charge in [-0.3, -0.25) is 9.59 Å². The van der Waals surface area contributed by atoms with E-state index in [1.165, 1.54) is 28.5 Å². The lowest BCUT2D eigenvalue weighted by molar-refractivity contribution is -0.135. The van der Waals surface area contributed by atoms with Gasteiger partial charge in [0.15, 0.2) is 0 Å². The minimum absolute atomic E-state index is 0.0694. The topological polar surface area (TPSA) is 83.9 Å². The maximum atomic E-state index is 13.5. The zero-order chi connectivity index (χ0) is 25.1. The van der Waals surface area contributed by atoms with Gasteiger partial charge < -0.3 is 14.0 Å². The van der Waals surface area contributed by atoms with Crippen molar-refractivity contribution in [1.82, 2.24) is 19.0 Å². The minimum Gasteiger partial charge on any atom is -0.332 e. The van der Waals surface area contributed by atoms with E-state index in [4.69, 9.17) is 16.9 Å². The summed E-state index contributed by atoms with van der Waals surface area (Å²) < 4.78 is 3.44. The van der Waals surface area contributed by atoms with Crippen molar-refractivity contribution in [3.63, 3.8) is 0 Å². The van der Waals surface area contributed by atoms with Crippen LogP contribution in [0.4, 0.5) is 0 Å². The number of nitriles is 1. The SMILES string of the molecule is N#Cc1ccc(Cc2cncn2C[C@H]2Cc3ccccc3CN2C(=O)Cn2cc(Cl)ccc2=O)cc1. The Morgan fingerprint density at radius 2 is 1.83 bits per heavy atom. The van der Waals surface area contributed by atoms with Crippen LogP contribution in [0, 0.1) is 11.3 Å². The van der Waals surface area contributed by atoms with Crippen LogP contribution in [-0.4, -0.2) is 31.0 Å². The lowest BCUT2D eigenvalue weighted by atomic mass is 9.93. The van der Waals surface area contributed by atoms with Crippen LogP contribution in [0.25, 0.3) is 0 Å². The lowest BCUT2D eigenvalue weighted by Gasteiger charge is -2.37. The van der Waals surface area contributed by atoms with Crippen molar-refractivity contribution in [3.8, 4) is 6.07 Å². The van der Waals surface area contributed by atoms with E-state index >= 15 is 0 Å². The molecule has 0 fully saturated rings. The van der Waals surface area contributed by atoms with Gasteiger partial charge in [0.05, 0.1) is 29.0 Å². The first-order valence-electron chi connectivity index (χ1n) is 11.7. The van der Waals surface area contributed by atoms with Gasteiger partial charge in [0.25, 0.3) is 5.56 Å². The van der Waals surface area contributed by atoms with Crippen LogP contribution >= 0.6 is 11.6 Å². The molecule has 0 aliphatic carbocycles. The normalized spacial score (nSPS) is 14.8. The number of benzene rings is 2. The Kier molecular flexibility index (Phi) is 6.70. The molecule has 2 aromatic heterocycles. The fourth-order valence-corrected chi connectivity index (χ4v) is 4.88. The number of fused-ring (bicyclic) bond motifs is 1. The van der Waals surface area contributed by atoms with Crippen LogP contribution in [0.2, 0.25) is 5.02 Å². The zero-order valence-corrected chi connectivity index (χ0v) is 20.3. The molecule has 2 aromatic carbocycles. The number of halogens is 1. The number of rotatable bonds is 6.